The molecule has 1 atom stereocenters. The number of anilines is 3. The van der Waals surface area contributed by atoms with E-state index in [9.17, 15) is 13.2 Å². The van der Waals surface area contributed by atoms with E-state index in [1.165, 1.54) is 37.8 Å². The highest BCUT2D eigenvalue weighted by molar-refractivity contribution is 7.91. The van der Waals surface area contributed by atoms with Gasteiger partial charge in [0.05, 0.1) is 23.4 Å². The lowest BCUT2D eigenvalue weighted by Crippen LogP contribution is -2.51. The van der Waals surface area contributed by atoms with Gasteiger partial charge >= 0.3 is 0 Å². The second kappa shape index (κ2) is 9.64. The van der Waals surface area contributed by atoms with E-state index in [1.54, 1.807) is 4.90 Å². The number of H-pyrrole nitrogens is 1. The molecule has 2 aliphatic carbocycles. The standard InChI is InChI=1S/C25H35N7O3S/c33-23(31-12-14-36(34,35)15-13-31)21-10-5-11-32(21)25-28-19-9-4-8-18(19)22(30-25)29-24-26-16-20(27-24)17-6-2-1-3-7-17/h16-17,21H,1-15H2,(H2,26,27,28,29,30). The molecule has 1 unspecified atom stereocenters. The van der Waals surface area contributed by atoms with Gasteiger partial charge in [-0.15, -0.1) is 0 Å². The quantitative estimate of drug-likeness (QED) is 0.625. The Morgan fingerprint density at radius 1 is 0.972 bits per heavy atom. The molecule has 6 rings (SSSR count). The Labute approximate surface area is 212 Å². The van der Waals surface area contributed by atoms with Crippen molar-refractivity contribution in [3.05, 3.63) is 23.1 Å². The van der Waals surface area contributed by atoms with Crippen molar-refractivity contribution in [2.24, 2.45) is 0 Å². The van der Waals surface area contributed by atoms with Crippen molar-refractivity contribution < 1.29 is 13.2 Å². The van der Waals surface area contributed by atoms with Crippen molar-refractivity contribution in [3.63, 3.8) is 0 Å². The second-order valence-corrected chi connectivity index (χ2v) is 12.9. The van der Waals surface area contributed by atoms with Crippen molar-refractivity contribution in [2.45, 2.75) is 76.2 Å². The Morgan fingerprint density at radius 3 is 2.58 bits per heavy atom. The maximum absolute atomic E-state index is 13.4. The normalized spacial score (nSPS) is 24.2. The molecular weight excluding hydrogens is 478 g/mol. The average molecular weight is 514 g/mol. The molecule has 3 fully saturated rings. The molecule has 10 nitrogen and oxygen atoms in total. The molecule has 0 bridgehead atoms. The summed E-state index contributed by atoms with van der Waals surface area (Å²) in [6, 6.07) is -0.348. The number of carbonyl (C=O) groups is 1. The maximum Gasteiger partial charge on any atom is 0.245 e. The van der Waals surface area contributed by atoms with Crippen molar-refractivity contribution in [1.82, 2.24) is 24.8 Å². The third-order valence-corrected chi connectivity index (χ3v) is 9.86. The fourth-order valence-corrected chi connectivity index (χ4v) is 7.39. The summed E-state index contributed by atoms with van der Waals surface area (Å²) in [5.41, 5.74) is 3.37. The number of nitrogens with zero attached hydrogens (tertiary/aromatic N) is 5. The molecule has 36 heavy (non-hydrogen) atoms. The van der Waals surface area contributed by atoms with Gasteiger partial charge in [0.25, 0.3) is 0 Å². The van der Waals surface area contributed by atoms with Crippen LogP contribution >= 0.6 is 0 Å². The first-order chi connectivity index (χ1) is 17.5. The fourth-order valence-electron chi connectivity index (χ4n) is 6.19. The number of hydrogen-bond acceptors (Lipinski definition) is 8. The van der Waals surface area contributed by atoms with Crippen LogP contribution in [-0.4, -0.2) is 76.3 Å². The second-order valence-electron chi connectivity index (χ2n) is 10.6. The smallest absolute Gasteiger partial charge is 0.245 e. The minimum Gasteiger partial charge on any atom is -0.339 e. The largest absolute Gasteiger partial charge is 0.339 e. The summed E-state index contributed by atoms with van der Waals surface area (Å²) in [5, 5.41) is 3.44. The number of fused-ring (bicyclic) bond motifs is 1. The molecule has 11 heteroatoms. The van der Waals surface area contributed by atoms with Crippen LogP contribution in [0.5, 0.6) is 0 Å². The highest BCUT2D eigenvalue weighted by Crippen LogP contribution is 2.35. The number of imidazole rings is 1. The van der Waals surface area contributed by atoms with Crippen LogP contribution < -0.4 is 10.2 Å². The van der Waals surface area contributed by atoms with Crippen LogP contribution in [-0.2, 0) is 27.5 Å². The monoisotopic (exact) mass is 513 g/mol. The number of aromatic amines is 1. The SMILES string of the molecule is O=C(C1CCCN1c1nc2c(c(Nc3ncc(C4CCCCC4)[nH]3)n1)CCC2)N1CCS(=O)(=O)CC1. The van der Waals surface area contributed by atoms with Crippen molar-refractivity contribution >= 4 is 33.5 Å². The van der Waals surface area contributed by atoms with E-state index in [0.29, 0.717) is 24.4 Å². The highest BCUT2D eigenvalue weighted by atomic mass is 32.2. The molecule has 2 aliphatic heterocycles. The zero-order valence-electron chi connectivity index (χ0n) is 20.7. The van der Waals surface area contributed by atoms with Gasteiger partial charge in [-0.1, -0.05) is 19.3 Å². The van der Waals surface area contributed by atoms with Crippen molar-refractivity contribution in [3.8, 4) is 0 Å². The Morgan fingerprint density at radius 2 is 1.78 bits per heavy atom. The first-order valence-electron chi connectivity index (χ1n) is 13.4. The summed E-state index contributed by atoms with van der Waals surface area (Å²) < 4.78 is 23.7. The van der Waals surface area contributed by atoms with E-state index in [2.05, 4.69) is 15.3 Å². The predicted molar refractivity (Wildman–Crippen MR) is 137 cm³/mol. The zero-order valence-corrected chi connectivity index (χ0v) is 21.5. The molecule has 194 valence electrons. The number of hydrogen-bond donors (Lipinski definition) is 2. The molecule has 0 spiro atoms. The summed E-state index contributed by atoms with van der Waals surface area (Å²) in [6.07, 6.45) is 12.7. The van der Waals surface area contributed by atoms with Crippen LogP contribution in [0.2, 0.25) is 0 Å². The molecule has 4 aliphatic rings. The average Bonchev–Trinajstić information content (AvgIpc) is 3.65. The van der Waals surface area contributed by atoms with Crippen LogP contribution in [0, 0.1) is 0 Å². The van der Waals surface area contributed by atoms with E-state index in [0.717, 1.165) is 49.2 Å². The molecule has 0 aromatic carbocycles. The lowest BCUT2D eigenvalue weighted by Gasteiger charge is -2.32. The summed E-state index contributed by atoms with van der Waals surface area (Å²) in [7, 11) is -3.04. The third-order valence-electron chi connectivity index (χ3n) is 8.25. The molecule has 4 heterocycles. The summed E-state index contributed by atoms with van der Waals surface area (Å²) in [4.78, 5) is 35.0. The number of aromatic nitrogens is 4. The molecule has 2 aromatic heterocycles. The molecule has 2 N–H and O–H groups in total. The first-order valence-corrected chi connectivity index (χ1v) is 15.3. The Bertz CT molecular complexity index is 1220. The summed E-state index contributed by atoms with van der Waals surface area (Å²) >= 11 is 0. The number of amides is 1. The Kier molecular flexibility index (Phi) is 6.35. The number of aryl methyl sites for hydroxylation is 1. The van der Waals surface area contributed by atoms with Gasteiger partial charge in [-0.3, -0.25) is 4.79 Å². The van der Waals surface area contributed by atoms with E-state index in [-0.39, 0.29) is 36.5 Å². The minimum atomic E-state index is -3.04. The molecule has 1 amide bonds. The van der Waals surface area contributed by atoms with E-state index >= 15 is 0 Å². The van der Waals surface area contributed by atoms with Crippen LogP contribution in [0.15, 0.2) is 6.20 Å². The maximum atomic E-state index is 13.4. The summed E-state index contributed by atoms with van der Waals surface area (Å²) in [5.74, 6) is 2.69. The Balaban J connectivity index is 1.23. The number of carbonyl (C=O) groups excluding carboxylic acids is 1. The van der Waals surface area contributed by atoms with Crippen LogP contribution in [0.25, 0.3) is 0 Å². The van der Waals surface area contributed by atoms with Crippen molar-refractivity contribution in [1.29, 1.82) is 0 Å². The minimum absolute atomic E-state index is 0.0100. The number of nitrogens with one attached hydrogen (secondary N) is 2. The highest BCUT2D eigenvalue weighted by Gasteiger charge is 2.38. The molecule has 0 radical (unpaired) electrons. The van der Waals surface area contributed by atoms with E-state index < -0.39 is 9.84 Å². The van der Waals surface area contributed by atoms with Crippen LogP contribution in [0.3, 0.4) is 0 Å². The van der Waals surface area contributed by atoms with Gasteiger partial charge in [0.2, 0.25) is 17.8 Å². The fraction of sp³-hybridized carbons (Fsp3) is 0.680. The lowest BCUT2D eigenvalue weighted by molar-refractivity contribution is -0.132. The van der Waals surface area contributed by atoms with Gasteiger partial charge in [0.1, 0.15) is 11.9 Å². The van der Waals surface area contributed by atoms with Crippen LogP contribution in [0.1, 0.15) is 74.2 Å². The summed E-state index contributed by atoms with van der Waals surface area (Å²) in [6.45, 7) is 1.25. The van der Waals surface area contributed by atoms with Gasteiger partial charge in [-0.25, -0.2) is 18.4 Å². The van der Waals surface area contributed by atoms with Gasteiger partial charge in [0, 0.05) is 36.8 Å². The van der Waals surface area contributed by atoms with Crippen LogP contribution in [0.4, 0.5) is 17.7 Å². The number of sulfone groups is 1. The van der Waals surface area contributed by atoms with Gasteiger partial charge in [-0.2, -0.15) is 4.98 Å². The molecule has 1 saturated carbocycles. The molecule has 2 aromatic rings. The lowest BCUT2D eigenvalue weighted by atomic mass is 9.87. The van der Waals surface area contributed by atoms with E-state index in [4.69, 9.17) is 9.97 Å². The third kappa shape index (κ3) is 4.69. The van der Waals surface area contributed by atoms with Crippen molar-refractivity contribution in [2.75, 3.05) is 41.4 Å². The van der Waals surface area contributed by atoms with Gasteiger partial charge < -0.3 is 20.1 Å². The predicted octanol–water partition coefficient (Wildman–Crippen LogP) is 2.71. The topological polar surface area (TPSA) is 124 Å². The molecule has 2 saturated heterocycles. The van der Waals surface area contributed by atoms with Gasteiger partial charge in [0.15, 0.2) is 9.84 Å². The van der Waals surface area contributed by atoms with Gasteiger partial charge in [-0.05, 0) is 44.9 Å². The number of rotatable bonds is 5. The first kappa shape index (κ1) is 23.7. The molecular formula is C25H35N7O3S. The Hall–Kier alpha value is -2.69. The van der Waals surface area contributed by atoms with E-state index in [1.807, 2.05) is 11.1 Å². The zero-order chi connectivity index (χ0) is 24.7.